The van der Waals surface area contributed by atoms with Crippen molar-refractivity contribution in [2.45, 2.75) is 50.2 Å². The highest BCUT2D eigenvalue weighted by Crippen LogP contribution is 2.27. The number of allylic oxidation sites excluding steroid dienone is 2. The van der Waals surface area contributed by atoms with E-state index in [9.17, 15) is 4.79 Å². The van der Waals surface area contributed by atoms with E-state index >= 15 is 0 Å². The van der Waals surface area contributed by atoms with E-state index in [0.717, 1.165) is 43.8 Å². The number of carbonyl (C=O) groups excluding carboxylic acids is 1. The number of amidine groups is 1. The molecule has 1 aromatic carbocycles. The van der Waals surface area contributed by atoms with E-state index < -0.39 is 0 Å². The molecule has 29 heavy (non-hydrogen) atoms. The van der Waals surface area contributed by atoms with Crippen LogP contribution in [0.4, 0.5) is 5.69 Å². The van der Waals surface area contributed by atoms with Crippen molar-refractivity contribution < 1.29 is 4.79 Å². The molecule has 1 amide bonds. The topological polar surface area (TPSA) is 47.9 Å². The van der Waals surface area contributed by atoms with Crippen molar-refractivity contribution >= 4 is 40.6 Å². The molecule has 2 atom stereocenters. The zero-order chi connectivity index (χ0) is 20.4. The van der Waals surface area contributed by atoms with Crippen LogP contribution in [-0.4, -0.2) is 47.2 Å². The van der Waals surface area contributed by atoms with Crippen LogP contribution in [0.1, 0.15) is 31.7 Å². The first-order chi connectivity index (χ1) is 14.0. The maximum absolute atomic E-state index is 12.9. The molecular weight excluding hydrogens is 407 g/mol. The van der Waals surface area contributed by atoms with Gasteiger partial charge in [-0.2, -0.15) is 0 Å². The van der Waals surface area contributed by atoms with Gasteiger partial charge in [-0.1, -0.05) is 30.7 Å². The minimum absolute atomic E-state index is 0.0140. The Morgan fingerprint density at radius 3 is 2.66 bits per heavy atom. The van der Waals surface area contributed by atoms with Gasteiger partial charge in [-0.15, -0.1) is 11.6 Å². The summed E-state index contributed by atoms with van der Waals surface area (Å²) in [5.41, 5.74) is 2.30. The lowest BCUT2D eigenvalue weighted by Gasteiger charge is -2.31. The molecule has 4 rings (SSSR count). The number of aliphatic imine (C=N–C) groups is 1. The van der Waals surface area contributed by atoms with E-state index in [-0.39, 0.29) is 18.0 Å². The highest BCUT2D eigenvalue weighted by atomic mass is 35.5. The number of hydrogen-bond donors (Lipinski definition) is 1. The minimum Gasteiger partial charge on any atom is -0.371 e. The van der Waals surface area contributed by atoms with E-state index in [1.165, 1.54) is 5.69 Å². The molecule has 0 aromatic heterocycles. The van der Waals surface area contributed by atoms with E-state index in [1.54, 1.807) is 6.08 Å². The van der Waals surface area contributed by atoms with Gasteiger partial charge in [0.25, 0.3) is 0 Å². The van der Waals surface area contributed by atoms with Crippen LogP contribution in [0.15, 0.2) is 52.6 Å². The molecule has 0 bridgehead atoms. The number of anilines is 1. The first kappa shape index (κ1) is 20.3. The van der Waals surface area contributed by atoms with Crippen molar-refractivity contribution in [2.24, 2.45) is 4.99 Å². The van der Waals surface area contributed by atoms with Crippen molar-refractivity contribution in [3.05, 3.63) is 53.2 Å². The maximum Gasteiger partial charge on any atom is 0.245 e. The van der Waals surface area contributed by atoms with Gasteiger partial charge in [-0.05, 0) is 49.1 Å². The lowest BCUT2D eigenvalue weighted by Crippen LogP contribution is -2.48. The largest absolute Gasteiger partial charge is 0.371 e. The zero-order valence-corrected chi connectivity index (χ0v) is 18.0. The summed E-state index contributed by atoms with van der Waals surface area (Å²) in [6.45, 7) is 4.54. The molecule has 3 heterocycles. The van der Waals surface area contributed by atoms with Crippen LogP contribution in [0.2, 0.25) is 0 Å². The molecule has 1 N–H and O–H groups in total. The third-order valence-electron chi connectivity index (χ3n) is 5.77. The molecule has 1 fully saturated rings. The van der Waals surface area contributed by atoms with E-state index in [4.69, 9.17) is 23.2 Å². The van der Waals surface area contributed by atoms with Crippen LogP contribution in [-0.2, 0) is 11.3 Å². The first-order valence-corrected chi connectivity index (χ1v) is 11.0. The number of amides is 1. The summed E-state index contributed by atoms with van der Waals surface area (Å²) >= 11 is 12.3. The van der Waals surface area contributed by atoms with Crippen molar-refractivity contribution in [1.82, 2.24) is 10.2 Å². The minimum atomic E-state index is -0.330. The van der Waals surface area contributed by atoms with Crippen LogP contribution in [0.25, 0.3) is 0 Å². The lowest BCUT2D eigenvalue weighted by molar-refractivity contribution is -0.124. The van der Waals surface area contributed by atoms with Crippen LogP contribution < -0.4 is 10.2 Å². The van der Waals surface area contributed by atoms with Gasteiger partial charge in [0.05, 0.1) is 6.04 Å². The first-order valence-electron chi connectivity index (χ1n) is 10.2. The number of nitrogens with zero attached hydrogens (tertiary/aromatic N) is 3. The predicted octanol–water partition coefficient (Wildman–Crippen LogP) is 4.02. The standard InChI is InChI=1S/C22H26Cl2N4O/c1-2-19-21(28-12-9-17(24)13-20(28)26-19)22(29)25-14-15-3-5-18(6-4-15)27-10-7-16(23)8-11-27/h3-6,9,12-13,16,19,21H,2,7-8,10-11,14H2,1H3,(H,25,29). The molecular formula is C22H26Cl2N4O. The normalized spacial score (nSPS) is 24.2. The average molecular weight is 433 g/mol. The molecule has 0 spiro atoms. The molecule has 0 radical (unpaired) electrons. The maximum atomic E-state index is 12.9. The quantitative estimate of drug-likeness (QED) is 0.714. The Labute approximate surface area is 182 Å². The summed E-state index contributed by atoms with van der Waals surface area (Å²) in [7, 11) is 0. The summed E-state index contributed by atoms with van der Waals surface area (Å²) < 4.78 is 0. The lowest BCUT2D eigenvalue weighted by atomic mass is 10.1. The third-order valence-corrected chi connectivity index (χ3v) is 6.44. The number of carbonyl (C=O) groups is 1. The van der Waals surface area contributed by atoms with Crippen LogP contribution in [0.3, 0.4) is 0 Å². The van der Waals surface area contributed by atoms with Gasteiger partial charge in [-0.3, -0.25) is 9.79 Å². The summed E-state index contributed by atoms with van der Waals surface area (Å²) in [6.07, 6.45) is 8.29. The number of piperidine rings is 1. The van der Waals surface area contributed by atoms with Crippen molar-refractivity contribution in [3.63, 3.8) is 0 Å². The highest BCUT2D eigenvalue weighted by Gasteiger charge is 2.39. The average Bonchev–Trinajstić information content (AvgIpc) is 3.10. The Kier molecular flexibility index (Phi) is 6.16. The van der Waals surface area contributed by atoms with Gasteiger partial charge in [0, 0.05) is 41.9 Å². The molecule has 5 nitrogen and oxygen atoms in total. The zero-order valence-electron chi connectivity index (χ0n) is 16.5. The van der Waals surface area contributed by atoms with Crippen molar-refractivity contribution in [1.29, 1.82) is 0 Å². The van der Waals surface area contributed by atoms with Crippen LogP contribution in [0.5, 0.6) is 0 Å². The van der Waals surface area contributed by atoms with Gasteiger partial charge in [-0.25, -0.2) is 0 Å². The van der Waals surface area contributed by atoms with Gasteiger partial charge in [0.2, 0.25) is 5.91 Å². The summed E-state index contributed by atoms with van der Waals surface area (Å²) in [5, 5.41) is 4.01. The fourth-order valence-corrected chi connectivity index (χ4v) is 4.43. The summed E-state index contributed by atoms with van der Waals surface area (Å²) in [6, 6.07) is 8.02. The Morgan fingerprint density at radius 2 is 1.97 bits per heavy atom. The van der Waals surface area contributed by atoms with Gasteiger partial charge in [0.1, 0.15) is 11.9 Å². The number of benzene rings is 1. The number of nitrogens with one attached hydrogen (secondary N) is 1. The molecule has 2 unspecified atom stereocenters. The van der Waals surface area contributed by atoms with Crippen molar-refractivity contribution in [3.8, 4) is 0 Å². The van der Waals surface area contributed by atoms with E-state index in [0.29, 0.717) is 17.0 Å². The number of alkyl halides is 1. The highest BCUT2D eigenvalue weighted by molar-refractivity contribution is 6.33. The molecule has 3 aliphatic heterocycles. The van der Waals surface area contributed by atoms with Gasteiger partial charge < -0.3 is 15.1 Å². The number of hydrogen-bond acceptors (Lipinski definition) is 4. The van der Waals surface area contributed by atoms with E-state index in [1.807, 2.05) is 24.1 Å². The number of fused-ring (bicyclic) bond motifs is 1. The second kappa shape index (κ2) is 8.80. The third kappa shape index (κ3) is 4.46. The molecule has 0 aliphatic carbocycles. The Balaban J connectivity index is 1.35. The van der Waals surface area contributed by atoms with Crippen LogP contribution >= 0.6 is 23.2 Å². The van der Waals surface area contributed by atoms with Gasteiger partial charge >= 0.3 is 0 Å². The summed E-state index contributed by atoms with van der Waals surface area (Å²) in [4.78, 5) is 21.9. The number of halogens is 2. The fourth-order valence-electron chi connectivity index (χ4n) is 4.08. The molecule has 3 aliphatic rings. The van der Waals surface area contributed by atoms with Crippen LogP contribution in [0, 0.1) is 0 Å². The fraction of sp³-hybridized carbons (Fsp3) is 0.455. The molecule has 1 saturated heterocycles. The van der Waals surface area contributed by atoms with Crippen molar-refractivity contribution in [2.75, 3.05) is 18.0 Å². The molecule has 1 aromatic rings. The Morgan fingerprint density at radius 1 is 1.24 bits per heavy atom. The summed E-state index contributed by atoms with van der Waals surface area (Å²) in [5.74, 6) is 0.745. The second-order valence-corrected chi connectivity index (χ2v) is 8.76. The molecule has 0 saturated carbocycles. The Bertz CT molecular complexity index is 841. The number of rotatable bonds is 5. The Hall–Kier alpha value is -1.98. The van der Waals surface area contributed by atoms with Gasteiger partial charge in [0.15, 0.2) is 0 Å². The van der Waals surface area contributed by atoms with E-state index in [2.05, 4.69) is 39.5 Å². The molecule has 154 valence electrons. The SMILES string of the molecule is CCC1N=C2C=C(Cl)C=CN2C1C(=O)NCc1ccc(N2CCC(Cl)CC2)cc1. The predicted molar refractivity (Wildman–Crippen MR) is 120 cm³/mol. The molecule has 7 heteroatoms. The smallest absolute Gasteiger partial charge is 0.245 e. The second-order valence-electron chi connectivity index (χ2n) is 7.71. The monoisotopic (exact) mass is 432 g/mol.